The van der Waals surface area contributed by atoms with E-state index < -0.39 is 10.8 Å². The molecule has 2 aromatic carbocycles. The highest BCUT2D eigenvalue weighted by Gasteiger charge is 2.21. The van der Waals surface area contributed by atoms with E-state index in [0.29, 0.717) is 18.9 Å². The van der Waals surface area contributed by atoms with Crippen molar-refractivity contribution in [3.63, 3.8) is 0 Å². The molecule has 0 radical (unpaired) electrons. The molecule has 0 spiro atoms. The summed E-state index contributed by atoms with van der Waals surface area (Å²) in [4.78, 5) is 39.1. The van der Waals surface area contributed by atoms with Crippen molar-refractivity contribution in [2.24, 2.45) is 0 Å². The third-order valence-electron chi connectivity index (χ3n) is 4.92. The predicted octanol–water partition coefficient (Wildman–Crippen LogP) is 3.19. The van der Waals surface area contributed by atoms with E-state index in [2.05, 4.69) is 10.2 Å². The van der Waals surface area contributed by atoms with E-state index in [9.17, 15) is 19.7 Å². The van der Waals surface area contributed by atoms with Crippen LogP contribution < -0.4 is 10.2 Å². The Kier molecular flexibility index (Phi) is 7.43. The van der Waals surface area contributed by atoms with Crippen LogP contribution in [0.25, 0.3) is 0 Å². The Morgan fingerprint density at radius 1 is 1.19 bits per heavy atom. The first-order valence-corrected chi connectivity index (χ1v) is 10.2. The molecule has 2 amide bonds. The summed E-state index contributed by atoms with van der Waals surface area (Å²) in [6.07, 6.45) is 0. The molecule has 1 N–H and O–H groups in total. The number of amides is 2. The van der Waals surface area contributed by atoms with E-state index in [0.717, 1.165) is 24.8 Å². The number of hydrogen-bond acceptors (Lipinski definition) is 6. The van der Waals surface area contributed by atoms with Crippen LogP contribution in [0.3, 0.4) is 0 Å². The first-order valence-electron chi connectivity index (χ1n) is 9.85. The van der Waals surface area contributed by atoms with E-state index in [1.54, 1.807) is 6.92 Å². The van der Waals surface area contributed by atoms with Gasteiger partial charge in [-0.05, 0) is 43.3 Å². The topological polar surface area (TPSA) is 105 Å². The zero-order chi connectivity index (χ0) is 22.4. The van der Waals surface area contributed by atoms with Gasteiger partial charge < -0.3 is 19.9 Å². The lowest BCUT2D eigenvalue weighted by molar-refractivity contribution is -0.384. The zero-order valence-corrected chi connectivity index (χ0v) is 17.8. The molecule has 9 nitrogen and oxygen atoms in total. The van der Waals surface area contributed by atoms with Gasteiger partial charge in [-0.15, -0.1) is 0 Å². The van der Waals surface area contributed by atoms with Crippen molar-refractivity contribution in [1.82, 2.24) is 4.90 Å². The van der Waals surface area contributed by atoms with Crippen LogP contribution in [0.5, 0.6) is 0 Å². The normalized spacial score (nSPS) is 13.5. The largest absolute Gasteiger partial charge is 0.378 e. The molecule has 0 atom stereocenters. The van der Waals surface area contributed by atoms with Gasteiger partial charge in [-0.1, -0.05) is 11.6 Å². The Bertz CT molecular complexity index is 961. The van der Waals surface area contributed by atoms with Gasteiger partial charge in [0.05, 0.1) is 18.1 Å². The van der Waals surface area contributed by atoms with Gasteiger partial charge in [0.2, 0.25) is 5.91 Å². The van der Waals surface area contributed by atoms with Gasteiger partial charge in [0.1, 0.15) is 11.6 Å². The summed E-state index contributed by atoms with van der Waals surface area (Å²) in [6.45, 7) is 4.83. The van der Waals surface area contributed by atoms with Crippen LogP contribution in [0, 0.1) is 10.1 Å². The summed E-state index contributed by atoms with van der Waals surface area (Å²) in [5.74, 6) is -0.849. The highest BCUT2D eigenvalue weighted by Crippen LogP contribution is 2.25. The lowest BCUT2D eigenvalue weighted by Gasteiger charge is -2.29. The number of carbonyl (C=O) groups is 2. The van der Waals surface area contributed by atoms with E-state index in [4.69, 9.17) is 16.3 Å². The molecule has 0 aliphatic carbocycles. The molecule has 164 valence electrons. The molecule has 10 heteroatoms. The molecule has 0 bridgehead atoms. The second kappa shape index (κ2) is 10.2. The molecular formula is C21H23ClN4O5. The molecular weight excluding hydrogens is 424 g/mol. The Morgan fingerprint density at radius 2 is 1.87 bits per heavy atom. The second-order valence-corrected chi connectivity index (χ2v) is 7.34. The third kappa shape index (κ3) is 5.71. The van der Waals surface area contributed by atoms with Crippen LogP contribution in [-0.4, -0.2) is 61.0 Å². The van der Waals surface area contributed by atoms with Crippen molar-refractivity contribution in [2.45, 2.75) is 6.92 Å². The monoisotopic (exact) mass is 446 g/mol. The lowest BCUT2D eigenvalue weighted by atomic mass is 10.1. The Balaban J connectivity index is 1.62. The number of nitrogens with zero attached hydrogens (tertiary/aromatic N) is 3. The van der Waals surface area contributed by atoms with Crippen LogP contribution in [0.1, 0.15) is 17.3 Å². The number of benzene rings is 2. The van der Waals surface area contributed by atoms with Gasteiger partial charge in [-0.2, -0.15) is 0 Å². The Hall–Kier alpha value is -3.17. The standard InChI is InChI=1S/C21H23ClN4O5/c1-2-24(21(28)15-3-8-18(22)19(13-15)26(29)30)14-20(27)23-16-4-6-17(7-5-16)25-9-11-31-12-10-25/h3-8,13H,2,9-12,14H2,1H3,(H,23,27). The van der Waals surface area contributed by atoms with Gasteiger partial charge in [0.25, 0.3) is 11.6 Å². The third-order valence-corrected chi connectivity index (χ3v) is 5.24. The van der Waals surface area contributed by atoms with Crippen molar-refractivity contribution >= 4 is 40.5 Å². The Morgan fingerprint density at radius 3 is 2.48 bits per heavy atom. The second-order valence-electron chi connectivity index (χ2n) is 6.94. The minimum atomic E-state index is -0.650. The molecule has 0 unspecified atom stereocenters. The lowest BCUT2D eigenvalue weighted by Crippen LogP contribution is -2.38. The number of rotatable bonds is 7. The first-order chi connectivity index (χ1) is 14.9. The molecule has 3 rings (SSSR count). The fourth-order valence-corrected chi connectivity index (χ4v) is 3.43. The number of nitro groups is 1. The molecule has 0 saturated carbocycles. The average Bonchev–Trinajstić information content (AvgIpc) is 2.78. The van der Waals surface area contributed by atoms with Gasteiger partial charge in [-0.25, -0.2) is 0 Å². The summed E-state index contributed by atoms with van der Waals surface area (Å²) < 4.78 is 5.35. The number of halogens is 1. The molecule has 1 fully saturated rings. The molecule has 1 aliphatic heterocycles. The quantitative estimate of drug-likeness (QED) is 0.517. The van der Waals surface area contributed by atoms with Gasteiger partial charge in [0.15, 0.2) is 0 Å². The summed E-state index contributed by atoms with van der Waals surface area (Å²) >= 11 is 5.80. The highest BCUT2D eigenvalue weighted by atomic mass is 35.5. The van der Waals surface area contributed by atoms with Crippen LogP contribution in [0.4, 0.5) is 17.1 Å². The van der Waals surface area contributed by atoms with Crippen LogP contribution >= 0.6 is 11.6 Å². The molecule has 31 heavy (non-hydrogen) atoms. The van der Waals surface area contributed by atoms with Crippen LogP contribution in [0.2, 0.25) is 5.02 Å². The predicted molar refractivity (Wildman–Crippen MR) is 118 cm³/mol. The smallest absolute Gasteiger partial charge is 0.288 e. The summed E-state index contributed by atoms with van der Waals surface area (Å²) in [5, 5.41) is 13.8. The summed E-state index contributed by atoms with van der Waals surface area (Å²) in [5.41, 5.74) is 1.41. The summed E-state index contributed by atoms with van der Waals surface area (Å²) in [6, 6.07) is 11.3. The van der Waals surface area contributed by atoms with Crippen molar-refractivity contribution in [2.75, 3.05) is 49.6 Å². The zero-order valence-electron chi connectivity index (χ0n) is 17.0. The van der Waals surface area contributed by atoms with Crippen molar-refractivity contribution in [3.8, 4) is 0 Å². The van der Waals surface area contributed by atoms with Crippen molar-refractivity contribution in [1.29, 1.82) is 0 Å². The molecule has 2 aromatic rings. The molecule has 1 heterocycles. The summed E-state index contributed by atoms with van der Waals surface area (Å²) in [7, 11) is 0. The fraction of sp³-hybridized carbons (Fsp3) is 0.333. The maximum absolute atomic E-state index is 12.7. The van der Waals surface area contributed by atoms with E-state index in [-0.39, 0.29) is 35.3 Å². The fourth-order valence-electron chi connectivity index (χ4n) is 3.25. The average molecular weight is 447 g/mol. The van der Waals surface area contributed by atoms with Crippen molar-refractivity contribution in [3.05, 3.63) is 63.2 Å². The highest BCUT2D eigenvalue weighted by molar-refractivity contribution is 6.32. The molecule has 1 saturated heterocycles. The number of likely N-dealkylation sites (N-methyl/N-ethyl adjacent to an activating group) is 1. The number of nitro benzene ring substituents is 1. The maximum atomic E-state index is 12.7. The maximum Gasteiger partial charge on any atom is 0.288 e. The SMILES string of the molecule is CCN(CC(=O)Nc1ccc(N2CCOCC2)cc1)C(=O)c1ccc(Cl)c([N+](=O)[O-])c1. The first kappa shape index (κ1) is 22.5. The molecule has 1 aliphatic rings. The number of morpholine rings is 1. The van der Waals surface area contributed by atoms with E-state index in [1.807, 2.05) is 24.3 Å². The number of anilines is 2. The number of carbonyl (C=O) groups excluding carboxylic acids is 2. The minimum absolute atomic E-state index is 0.0529. The van der Waals surface area contributed by atoms with Crippen LogP contribution in [-0.2, 0) is 9.53 Å². The van der Waals surface area contributed by atoms with Gasteiger partial charge in [0, 0.05) is 42.6 Å². The Labute approximate surface area is 184 Å². The van der Waals surface area contributed by atoms with Gasteiger partial charge >= 0.3 is 0 Å². The minimum Gasteiger partial charge on any atom is -0.378 e. The number of hydrogen-bond donors (Lipinski definition) is 1. The van der Waals surface area contributed by atoms with Crippen LogP contribution in [0.15, 0.2) is 42.5 Å². The van der Waals surface area contributed by atoms with E-state index in [1.165, 1.54) is 17.0 Å². The molecule has 0 aromatic heterocycles. The van der Waals surface area contributed by atoms with E-state index >= 15 is 0 Å². The number of ether oxygens (including phenoxy) is 1. The van der Waals surface area contributed by atoms with Gasteiger partial charge in [-0.3, -0.25) is 19.7 Å². The van der Waals surface area contributed by atoms with Crippen molar-refractivity contribution < 1.29 is 19.2 Å². The number of nitrogens with one attached hydrogen (secondary N) is 1.